The van der Waals surface area contributed by atoms with Crippen LogP contribution in [0.2, 0.25) is 5.02 Å². The zero-order valence-corrected chi connectivity index (χ0v) is 10.9. The molecule has 2 nitrogen and oxygen atoms in total. The Bertz CT molecular complexity index is 317. The molecule has 0 saturated heterocycles. The lowest BCUT2D eigenvalue weighted by Gasteiger charge is -2.17. The summed E-state index contributed by atoms with van der Waals surface area (Å²) >= 11 is 5.95. The summed E-state index contributed by atoms with van der Waals surface area (Å²) in [4.78, 5) is 0. The first-order valence-electron chi connectivity index (χ1n) is 5.61. The van der Waals surface area contributed by atoms with Crippen LogP contribution < -0.4 is 5.32 Å². The van der Waals surface area contributed by atoms with Crippen molar-refractivity contribution in [2.75, 3.05) is 20.3 Å². The summed E-state index contributed by atoms with van der Waals surface area (Å²) in [5.74, 6) is 0.520. The Morgan fingerprint density at radius 2 is 2.12 bits per heavy atom. The zero-order chi connectivity index (χ0) is 12.0. The number of ether oxygens (including phenoxy) is 1. The van der Waals surface area contributed by atoms with E-state index in [-0.39, 0.29) is 0 Å². The van der Waals surface area contributed by atoms with Crippen LogP contribution in [0.3, 0.4) is 0 Å². The second-order valence-electron chi connectivity index (χ2n) is 4.25. The fraction of sp³-hybridized carbons (Fsp3) is 0.538. The molecule has 0 aliphatic carbocycles. The van der Waals surface area contributed by atoms with Crippen molar-refractivity contribution in [3.05, 3.63) is 34.9 Å². The SMILES string of the molecule is COCC(C)CN[C@H](C)c1cccc(Cl)c1. The van der Waals surface area contributed by atoms with Crippen LogP contribution in [0.15, 0.2) is 24.3 Å². The molecule has 0 aliphatic rings. The normalized spacial score (nSPS) is 14.8. The van der Waals surface area contributed by atoms with Crippen molar-refractivity contribution >= 4 is 11.6 Å². The largest absolute Gasteiger partial charge is 0.384 e. The highest BCUT2D eigenvalue weighted by molar-refractivity contribution is 6.30. The van der Waals surface area contributed by atoms with Crippen molar-refractivity contribution in [1.82, 2.24) is 5.32 Å². The summed E-state index contributed by atoms with van der Waals surface area (Å²) in [6.07, 6.45) is 0. The molecule has 1 aromatic carbocycles. The first-order chi connectivity index (χ1) is 7.63. The molecule has 1 N–H and O–H groups in total. The summed E-state index contributed by atoms with van der Waals surface area (Å²) in [5, 5.41) is 4.26. The molecule has 0 radical (unpaired) electrons. The topological polar surface area (TPSA) is 21.3 Å². The fourth-order valence-electron chi connectivity index (χ4n) is 1.62. The highest BCUT2D eigenvalue weighted by Crippen LogP contribution is 2.17. The van der Waals surface area contributed by atoms with Crippen molar-refractivity contribution in [3.8, 4) is 0 Å². The molecular formula is C13H20ClNO. The summed E-state index contributed by atoms with van der Waals surface area (Å²) in [6, 6.07) is 8.28. The van der Waals surface area contributed by atoms with E-state index in [9.17, 15) is 0 Å². The van der Waals surface area contributed by atoms with Crippen LogP contribution in [-0.2, 0) is 4.74 Å². The van der Waals surface area contributed by atoms with Gasteiger partial charge in [0.1, 0.15) is 0 Å². The monoisotopic (exact) mass is 241 g/mol. The van der Waals surface area contributed by atoms with Crippen LogP contribution in [0.5, 0.6) is 0 Å². The molecule has 0 fully saturated rings. The van der Waals surface area contributed by atoms with E-state index in [4.69, 9.17) is 16.3 Å². The maximum absolute atomic E-state index is 5.95. The van der Waals surface area contributed by atoms with Crippen molar-refractivity contribution < 1.29 is 4.74 Å². The van der Waals surface area contributed by atoms with Gasteiger partial charge >= 0.3 is 0 Å². The van der Waals surface area contributed by atoms with E-state index in [0.29, 0.717) is 12.0 Å². The van der Waals surface area contributed by atoms with E-state index in [1.807, 2.05) is 18.2 Å². The zero-order valence-electron chi connectivity index (χ0n) is 10.2. The highest BCUT2D eigenvalue weighted by atomic mass is 35.5. The number of nitrogens with one attached hydrogen (secondary N) is 1. The number of hydrogen-bond donors (Lipinski definition) is 1. The molecular weight excluding hydrogens is 222 g/mol. The molecule has 1 aromatic rings. The smallest absolute Gasteiger partial charge is 0.0499 e. The summed E-state index contributed by atoms with van der Waals surface area (Å²) in [6.45, 7) is 6.04. The van der Waals surface area contributed by atoms with Gasteiger partial charge in [-0.25, -0.2) is 0 Å². The summed E-state index contributed by atoms with van der Waals surface area (Å²) in [7, 11) is 1.73. The van der Waals surface area contributed by atoms with Crippen LogP contribution in [0.25, 0.3) is 0 Å². The van der Waals surface area contributed by atoms with Crippen LogP contribution in [0, 0.1) is 5.92 Å². The Hall–Kier alpha value is -0.570. The van der Waals surface area contributed by atoms with Crippen molar-refractivity contribution in [2.24, 2.45) is 5.92 Å². The van der Waals surface area contributed by atoms with Gasteiger partial charge in [-0.1, -0.05) is 30.7 Å². The van der Waals surface area contributed by atoms with Gasteiger partial charge in [0.05, 0.1) is 0 Å². The third-order valence-corrected chi connectivity index (χ3v) is 2.81. The van der Waals surface area contributed by atoms with Crippen molar-refractivity contribution in [3.63, 3.8) is 0 Å². The minimum absolute atomic E-state index is 0.318. The lowest BCUT2D eigenvalue weighted by molar-refractivity contribution is 0.157. The number of benzene rings is 1. The van der Waals surface area contributed by atoms with Gasteiger partial charge in [-0.2, -0.15) is 0 Å². The lowest BCUT2D eigenvalue weighted by Crippen LogP contribution is -2.26. The summed E-state index contributed by atoms with van der Waals surface area (Å²) < 4.78 is 5.10. The first kappa shape index (κ1) is 13.5. The molecule has 0 bridgehead atoms. The Morgan fingerprint density at radius 3 is 2.75 bits per heavy atom. The molecule has 0 aliphatic heterocycles. The molecule has 3 heteroatoms. The van der Waals surface area contributed by atoms with Crippen molar-refractivity contribution in [2.45, 2.75) is 19.9 Å². The Balaban J connectivity index is 2.43. The number of halogens is 1. The molecule has 1 unspecified atom stereocenters. The number of rotatable bonds is 6. The quantitative estimate of drug-likeness (QED) is 0.826. The average molecular weight is 242 g/mol. The van der Waals surface area contributed by atoms with Crippen LogP contribution >= 0.6 is 11.6 Å². The molecule has 1 rings (SSSR count). The molecule has 16 heavy (non-hydrogen) atoms. The predicted octanol–water partition coefficient (Wildman–Crippen LogP) is 3.27. The van der Waals surface area contributed by atoms with E-state index >= 15 is 0 Å². The minimum atomic E-state index is 0.318. The van der Waals surface area contributed by atoms with Gasteiger partial charge in [0, 0.05) is 31.3 Å². The first-order valence-corrected chi connectivity index (χ1v) is 5.99. The Morgan fingerprint density at radius 1 is 1.38 bits per heavy atom. The van der Waals surface area contributed by atoms with Gasteiger partial charge in [0.2, 0.25) is 0 Å². The minimum Gasteiger partial charge on any atom is -0.384 e. The molecule has 0 amide bonds. The molecule has 2 atom stereocenters. The van der Waals surface area contributed by atoms with Gasteiger partial charge in [-0.15, -0.1) is 0 Å². The van der Waals surface area contributed by atoms with Crippen LogP contribution in [-0.4, -0.2) is 20.3 Å². The maximum atomic E-state index is 5.95. The second-order valence-corrected chi connectivity index (χ2v) is 4.68. The summed E-state index contributed by atoms with van der Waals surface area (Å²) in [5.41, 5.74) is 1.22. The standard InChI is InChI=1S/C13H20ClNO/c1-10(9-16-3)8-15-11(2)12-5-4-6-13(14)7-12/h4-7,10-11,15H,8-9H2,1-3H3/t10?,11-/m1/s1. The van der Waals surface area contributed by atoms with Gasteiger partial charge in [-0.3, -0.25) is 0 Å². The Kier molecular flexibility index (Phi) is 5.81. The fourth-order valence-corrected chi connectivity index (χ4v) is 1.81. The maximum Gasteiger partial charge on any atom is 0.0499 e. The predicted molar refractivity (Wildman–Crippen MR) is 68.9 cm³/mol. The van der Waals surface area contributed by atoms with E-state index in [2.05, 4.69) is 25.2 Å². The molecule has 0 saturated carbocycles. The third kappa shape index (κ3) is 4.52. The van der Waals surface area contributed by atoms with Crippen LogP contribution in [0.4, 0.5) is 0 Å². The van der Waals surface area contributed by atoms with Gasteiger partial charge in [0.25, 0.3) is 0 Å². The molecule has 90 valence electrons. The number of hydrogen-bond acceptors (Lipinski definition) is 2. The number of methoxy groups -OCH3 is 1. The highest BCUT2D eigenvalue weighted by Gasteiger charge is 2.07. The van der Waals surface area contributed by atoms with Crippen molar-refractivity contribution in [1.29, 1.82) is 0 Å². The molecule has 0 aromatic heterocycles. The van der Waals surface area contributed by atoms with E-state index < -0.39 is 0 Å². The van der Waals surface area contributed by atoms with E-state index in [0.717, 1.165) is 18.2 Å². The second kappa shape index (κ2) is 6.89. The third-order valence-electron chi connectivity index (χ3n) is 2.57. The van der Waals surface area contributed by atoms with E-state index in [1.165, 1.54) is 5.56 Å². The van der Waals surface area contributed by atoms with Gasteiger partial charge in [0.15, 0.2) is 0 Å². The lowest BCUT2D eigenvalue weighted by atomic mass is 10.1. The average Bonchev–Trinajstić information content (AvgIpc) is 2.26. The van der Waals surface area contributed by atoms with Gasteiger partial charge in [-0.05, 0) is 30.5 Å². The Labute approximate surface area is 103 Å². The molecule has 0 spiro atoms. The van der Waals surface area contributed by atoms with Gasteiger partial charge < -0.3 is 10.1 Å². The molecule has 0 heterocycles. The van der Waals surface area contributed by atoms with Crippen LogP contribution in [0.1, 0.15) is 25.5 Å². The van der Waals surface area contributed by atoms with E-state index in [1.54, 1.807) is 7.11 Å².